The molecule has 3 N–H and O–H groups in total. The van der Waals surface area contributed by atoms with E-state index in [9.17, 15) is 19.8 Å². The van der Waals surface area contributed by atoms with Crippen LogP contribution in [0.2, 0.25) is 0 Å². The Balaban J connectivity index is 4.69. The summed E-state index contributed by atoms with van der Waals surface area (Å²) in [7, 11) is 0. The molecule has 0 spiro atoms. The molecule has 0 fully saturated rings. The lowest BCUT2D eigenvalue weighted by Crippen LogP contribution is -2.46. The third-order valence-corrected chi connectivity index (χ3v) is 11.1. The number of hydrogen-bond donors (Lipinski definition) is 3. The number of aliphatic hydroxyl groups is 2. The van der Waals surface area contributed by atoms with Gasteiger partial charge in [0.15, 0.2) is 0 Å². The molecular formula is C55H95NO5. The molecule has 0 aromatic heterocycles. The lowest BCUT2D eigenvalue weighted by Gasteiger charge is -2.24. The van der Waals surface area contributed by atoms with Gasteiger partial charge in [-0.3, -0.25) is 9.59 Å². The van der Waals surface area contributed by atoms with Gasteiger partial charge in [0.25, 0.3) is 0 Å². The zero-order valence-corrected chi connectivity index (χ0v) is 39.8. The summed E-state index contributed by atoms with van der Waals surface area (Å²) < 4.78 is 5.89. The predicted octanol–water partition coefficient (Wildman–Crippen LogP) is 15.2. The van der Waals surface area contributed by atoms with Crippen molar-refractivity contribution in [1.29, 1.82) is 0 Å². The SMILES string of the molecule is CC\C=C/C=C/C=C/C=C\C=C\C=C\CCCCCC(=O)OC(CCC/C=C\CCCCCCCCC)CC(=O)NC(CO)C(O)CCCCCCCCCCCCCCC. The van der Waals surface area contributed by atoms with Gasteiger partial charge in [0.05, 0.1) is 25.2 Å². The Hall–Kier alpha value is -2.96. The van der Waals surface area contributed by atoms with Gasteiger partial charge in [-0.05, 0) is 64.2 Å². The summed E-state index contributed by atoms with van der Waals surface area (Å²) in [4.78, 5) is 26.1. The molecule has 0 heterocycles. The van der Waals surface area contributed by atoms with Gasteiger partial charge in [-0.1, -0.05) is 234 Å². The van der Waals surface area contributed by atoms with Gasteiger partial charge in [-0.15, -0.1) is 0 Å². The number of nitrogens with one attached hydrogen (secondary N) is 1. The average molecular weight is 850 g/mol. The highest BCUT2D eigenvalue weighted by molar-refractivity contribution is 5.77. The van der Waals surface area contributed by atoms with Crippen LogP contribution in [0, 0.1) is 0 Å². The van der Waals surface area contributed by atoms with Crippen LogP contribution in [-0.4, -0.2) is 46.9 Å². The van der Waals surface area contributed by atoms with Gasteiger partial charge in [0.2, 0.25) is 5.91 Å². The molecule has 61 heavy (non-hydrogen) atoms. The number of hydrogen-bond acceptors (Lipinski definition) is 5. The first-order chi connectivity index (χ1) is 30.0. The van der Waals surface area contributed by atoms with Crippen molar-refractivity contribution in [3.63, 3.8) is 0 Å². The maximum absolute atomic E-state index is 13.2. The van der Waals surface area contributed by atoms with Crippen molar-refractivity contribution in [3.05, 3.63) is 85.1 Å². The van der Waals surface area contributed by atoms with E-state index in [0.29, 0.717) is 19.3 Å². The summed E-state index contributed by atoms with van der Waals surface area (Å²) in [6.45, 7) is 6.31. The number of ether oxygens (including phenoxy) is 1. The third-order valence-electron chi connectivity index (χ3n) is 11.1. The van der Waals surface area contributed by atoms with Crippen molar-refractivity contribution in [2.24, 2.45) is 0 Å². The molecule has 1 amide bonds. The normalized spacial score (nSPS) is 14.0. The molecule has 3 atom stereocenters. The molecule has 0 aromatic carbocycles. The van der Waals surface area contributed by atoms with E-state index in [1.807, 2.05) is 54.7 Å². The molecule has 3 unspecified atom stereocenters. The van der Waals surface area contributed by atoms with E-state index >= 15 is 0 Å². The number of unbranched alkanes of at least 4 members (excludes halogenated alkanes) is 23. The minimum absolute atomic E-state index is 0.0346. The predicted molar refractivity (Wildman–Crippen MR) is 264 cm³/mol. The summed E-state index contributed by atoms with van der Waals surface area (Å²) in [6.07, 6.45) is 62.1. The number of carbonyl (C=O) groups excluding carboxylic acids is 2. The largest absolute Gasteiger partial charge is 0.462 e. The molecule has 0 rings (SSSR count). The lowest BCUT2D eigenvalue weighted by atomic mass is 10.0. The van der Waals surface area contributed by atoms with E-state index < -0.39 is 18.2 Å². The molecule has 6 heteroatoms. The smallest absolute Gasteiger partial charge is 0.306 e. The molecule has 0 bridgehead atoms. The molecule has 350 valence electrons. The first-order valence-electron chi connectivity index (χ1n) is 25.4. The topological polar surface area (TPSA) is 95.9 Å². The summed E-state index contributed by atoms with van der Waals surface area (Å²) in [6, 6.07) is -0.723. The maximum Gasteiger partial charge on any atom is 0.306 e. The minimum Gasteiger partial charge on any atom is -0.462 e. The van der Waals surface area contributed by atoms with Gasteiger partial charge in [-0.2, -0.15) is 0 Å². The van der Waals surface area contributed by atoms with Crippen LogP contribution in [0.4, 0.5) is 0 Å². The van der Waals surface area contributed by atoms with Gasteiger partial charge in [0, 0.05) is 6.42 Å². The quantitative estimate of drug-likeness (QED) is 0.0246. The minimum atomic E-state index is -0.806. The summed E-state index contributed by atoms with van der Waals surface area (Å²) in [5, 5.41) is 23.7. The van der Waals surface area contributed by atoms with Gasteiger partial charge in [-0.25, -0.2) is 0 Å². The average Bonchev–Trinajstić information content (AvgIpc) is 3.25. The van der Waals surface area contributed by atoms with Crippen LogP contribution in [0.5, 0.6) is 0 Å². The Bertz CT molecular complexity index is 1180. The van der Waals surface area contributed by atoms with Crippen molar-refractivity contribution in [2.45, 2.75) is 244 Å². The van der Waals surface area contributed by atoms with Crippen LogP contribution in [0.25, 0.3) is 0 Å². The highest BCUT2D eigenvalue weighted by Crippen LogP contribution is 2.17. The van der Waals surface area contributed by atoms with Crippen LogP contribution < -0.4 is 5.32 Å². The Morgan fingerprint density at radius 1 is 0.492 bits per heavy atom. The highest BCUT2D eigenvalue weighted by Gasteiger charge is 2.24. The molecule has 0 aromatic rings. The standard InChI is InChI=1S/C55H95NO5/c1-4-7-10-13-16-19-22-25-26-27-28-30-33-36-39-42-45-48-55(60)61-51(46-43-40-37-34-31-24-21-18-15-12-9-6-3)49-54(59)56-52(50-57)53(58)47-44-41-38-35-32-29-23-20-17-14-11-8-5-2/h7,10,13,16,19,22,25-28,30,33-34,37,51-53,57-58H,4-6,8-9,11-12,14-15,17-18,20-21,23-24,29,31-32,35-36,38-50H2,1-3H3,(H,56,59)/b10-7-,16-13+,22-19+,26-25-,28-27+,33-30+,37-34-. The molecule has 0 saturated carbocycles. The molecule has 0 saturated heterocycles. The first kappa shape index (κ1) is 58.0. The van der Waals surface area contributed by atoms with Crippen molar-refractivity contribution in [1.82, 2.24) is 5.32 Å². The van der Waals surface area contributed by atoms with Crippen molar-refractivity contribution in [3.8, 4) is 0 Å². The third kappa shape index (κ3) is 43.5. The van der Waals surface area contributed by atoms with Crippen molar-refractivity contribution < 1.29 is 24.5 Å². The second kappa shape index (κ2) is 48.1. The number of carbonyl (C=O) groups is 2. The summed E-state index contributed by atoms with van der Waals surface area (Å²) in [5.41, 5.74) is 0. The van der Waals surface area contributed by atoms with Crippen LogP contribution in [0.15, 0.2) is 85.1 Å². The fraction of sp³-hybridized carbons (Fsp3) is 0.709. The van der Waals surface area contributed by atoms with Crippen LogP contribution in [-0.2, 0) is 14.3 Å². The summed E-state index contributed by atoms with van der Waals surface area (Å²) in [5.74, 6) is -0.559. The van der Waals surface area contributed by atoms with Gasteiger partial charge >= 0.3 is 5.97 Å². The van der Waals surface area contributed by atoms with E-state index in [4.69, 9.17) is 4.74 Å². The van der Waals surface area contributed by atoms with E-state index in [1.165, 1.54) is 109 Å². The Kier molecular flexibility index (Phi) is 45.7. The molecule has 0 aliphatic rings. The fourth-order valence-corrected chi connectivity index (χ4v) is 7.29. The van der Waals surface area contributed by atoms with E-state index in [0.717, 1.165) is 70.6 Å². The first-order valence-corrected chi connectivity index (χ1v) is 25.4. The fourth-order valence-electron chi connectivity index (χ4n) is 7.29. The van der Waals surface area contributed by atoms with E-state index in [1.54, 1.807) is 0 Å². The van der Waals surface area contributed by atoms with E-state index in [-0.39, 0.29) is 24.9 Å². The number of allylic oxidation sites excluding steroid dienone is 14. The second-order valence-corrected chi connectivity index (χ2v) is 17.0. The number of esters is 1. The molecule has 0 radical (unpaired) electrons. The second-order valence-electron chi connectivity index (χ2n) is 17.0. The van der Waals surface area contributed by atoms with Crippen LogP contribution in [0.3, 0.4) is 0 Å². The highest BCUT2D eigenvalue weighted by atomic mass is 16.5. The maximum atomic E-state index is 13.2. The Morgan fingerprint density at radius 3 is 1.43 bits per heavy atom. The van der Waals surface area contributed by atoms with Gasteiger partial charge in [0.1, 0.15) is 6.10 Å². The number of amides is 1. The number of aliphatic hydroxyl groups excluding tert-OH is 2. The molecule has 6 nitrogen and oxygen atoms in total. The molecular weight excluding hydrogens is 755 g/mol. The lowest BCUT2D eigenvalue weighted by molar-refractivity contribution is -0.151. The van der Waals surface area contributed by atoms with Crippen LogP contribution in [0.1, 0.15) is 226 Å². The monoisotopic (exact) mass is 850 g/mol. The van der Waals surface area contributed by atoms with E-state index in [2.05, 4.69) is 56.5 Å². The molecule has 0 aliphatic carbocycles. The number of rotatable bonds is 44. The van der Waals surface area contributed by atoms with Gasteiger partial charge < -0.3 is 20.3 Å². The Labute approximate surface area is 376 Å². The zero-order valence-electron chi connectivity index (χ0n) is 39.8. The summed E-state index contributed by atoms with van der Waals surface area (Å²) >= 11 is 0. The van der Waals surface area contributed by atoms with Crippen molar-refractivity contribution >= 4 is 11.9 Å². The molecule has 0 aliphatic heterocycles. The Morgan fingerprint density at radius 2 is 0.918 bits per heavy atom. The van der Waals surface area contributed by atoms with Crippen molar-refractivity contribution in [2.75, 3.05) is 6.61 Å². The van der Waals surface area contributed by atoms with Crippen LogP contribution >= 0.6 is 0 Å². The zero-order chi connectivity index (χ0) is 44.5.